The molecule has 1 aliphatic carbocycles. The smallest absolute Gasteiger partial charge is 0.261 e. The number of halogens is 1. The first-order chi connectivity index (χ1) is 10.0. The summed E-state index contributed by atoms with van der Waals surface area (Å²) in [4.78, 5) is 12.2. The number of carbonyl (C=O) groups is 1. The molecule has 1 fully saturated rings. The van der Waals surface area contributed by atoms with Gasteiger partial charge in [0.1, 0.15) is 11.6 Å². The minimum atomic E-state index is -0.739. The van der Waals surface area contributed by atoms with Crippen LogP contribution in [0.3, 0.4) is 0 Å². The third-order valence-electron chi connectivity index (χ3n) is 3.98. The van der Waals surface area contributed by atoms with Gasteiger partial charge in [0.05, 0.1) is 12.1 Å². The number of rotatable bonds is 5. The largest absolute Gasteiger partial charge is 0.481 e. The molecule has 4 nitrogen and oxygen atoms in total. The molecule has 2 N–H and O–H groups in total. The normalized spacial score (nSPS) is 18.8. The lowest BCUT2D eigenvalue weighted by Gasteiger charge is -2.37. The summed E-state index contributed by atoms with van der Waals surface area (Å²) in [5.41, 5.74) is -0.533. The van der Waals surface area contributed by atoms with Crippen molar-refractivity contribution in [3.63, 3.8) is 0 Å². The Morgan fingerprint density at radius 1 is 1.43 bits per heavy atom. The maximum atomic E-state index is 13.1. The Bertz CT molecular complexity index is 486. The van der Waals surface area contributed by atoms with Gasteiger partial charge in [-0.15, -0.1) is 0 Å². The second-order valence-electron chi connectivity index (χ2n) is 5.71. The maximum Gasteiger partial charge on any atom is 0.261 e. The number of aliphatic hydroxyl groups excluding tert-OH is 1. The number of hydrogen-bond donors (Lipinski definition) is 2. The minimum absolute atomic E-state index is 0.0641. The molecule has 1 unspecified atom stereocenters. The van der Waals surface area contributed by atoms with E-state index in [1.165, 1.54) is 18.2 Å². The Hall–Kier alpha value is -1.62. The summed E-state index contributed by atoms with van der Waals surface area (Å²) in [5.74, 6) is -0.367. The summed E-state index contributed by atoms with van der Waals surface area (Å²) in [5, 5.41) is 12.5. The molecule has 0 aromatic heterocycles. The van der Waals surface area contributed by atoms with Gasteiger partial charge in [-0.1, -0.05) is 25.3 Å². The molecule has 5 heteroatoms. The monoisotopic (exact) mass is 295 g/mol. The van der Waals surface area contributed by atoms with Crippen LogP contribution >= 0.6 is 0 Å². The third kappa shape index (κ3) is 4.17. The van der Waals surface area contributed by atoms with Gasteiger partial charge < -0.3 is 15.2 Å². The third-order valence-corrected chi connectivity index (χ3v) is 3.98. The second-order valence-corrected chi connectivity index (χ2v) is 5.71. The molecule has 1 aromatic rings. The van der Waals surface area contributed by atoms with Crippen LogP contribution in [0.15, 0.2) is 24.3 Å². The molecule has 1 amide bonds. The van der Waals surface area contributed by atoms with E-state index in [0.717, 1.165) is 32.1 Å². The summed E-state index contributed by atoms with van der Waals surface area (Å²) in [6, 6.07) is 5.70. The maximum absolute atomic E-state index is 13.1. The molecule has 116 valence electrons. The van der Waals surface area contributed by atoms with Crippen molar-refractivity contribution >= 4 is 5.91 Å². The van der Waals surface area contributed by atoms with Crippen LogP contribution in [0.25, 0.3) is 0 Å². The second kappa shape index (κ2) is 6.89. The van der Waals surface area contributed by atoms with Crippen molar-refractivity contribution in [1.29, 1.82) is 0 Å². The van der Waals surface area contributed by atoms with Crippen molar-refractivity contribution in [3.05, 3.63) is 30.1 Å². The lowest BCUT2D eigenvalue weighted by atomic mass is 9.82. The Balaban J connectivity index is 1.95. The van der Waals surface area contributed by atoms with Crippen LogP contribution in [0.4, 0.5) is 4.39 Å². The first-order valence-corrected chi connectivity index (χ1v) is 7.40. The molecule has 1 aliphatic rings. The van der Waals surface area contributed by atoms with E-state index < -0.39 is 17.5 Å². The fourth-order valence-electron chi connectivity index (χ4n) is 2.71. The zero-order valence-electron chi connectivity index (χ0n) is 12.3. The van der Waals surface area contributed by atoms with Gasteiger partial charge in [0.2, 0.25) is 0 Å². The van der Waals surface area contributed by atoms with Crippen LogP contribution in [0.1, 0.15) is 39.0 Å². The molecule has 0 radical (unpaired) electrons. The first kappa shape index (κ1) is 15.8. The molecule has 1 aromatic carbocycles. The topological polar surface area (TPSA) is 58.6 Å². The Kier molecular flexibility index (Phi) is 5.17. The van der Waals surface area contributed by atoms with Crippen molar-refractivity contribution in [2.24, 2.45) is 0 Å². The molecule has 1 atom stereocenters. The Morgan fingerprint density at radius 3 is 2.76 bits per heavy atom. The predicted molar refractivity (Wildman–Crippen MR) is 77.5 cm³/mol. The fourth-order valence-corrected chi connectivity index (χ4v) is 2.71. The number of benzene rings is 1. The lowest BCUT2D eigenvalue weighted by Crippen LogP contribution is -2.55. The summed E-state index contributed by atoms with van der Waals surface area (Å²) >= 11 is 0. The fraction of sp³-hybridized carbons (Fsp3) is 0.562. The van der Waals surface area contributed by atoms with E-state index in [1.54, 1.807) is 13.0 Å². The number of carbonyl (C=O) groups excluding carboxylic acids is 1. The van der Waals surface area contributed by atoms with Gasteiger partial charge in [-0.2, -0.15) is 0 Å². The molecular weight excluding hydrogens is 273 g/mol. The SMILES string of the molecule is CC(Oc1cccc(F)c1)C(=O)NC1(CO)CCCCC1. The molecule has 0 saturated heterocycles. The highest BCUT2D eigenvalue weighted by molar-refractivity contribution is 5.81. The molecule has 2 rings (SSSR count). The standard InChI is InChI=1S/C16H22FNO3/c1-12(21-14-7-5-6-13(17)10-14)15(20)18-16(11-19)8-3-2-4-9-16/h5-7,10,12,19H,2-4,8-9,11H2,1H3,(H,18,20). The molecule has 21 heavy (non-hydrogen) atoms. The van der Waals surface area contributed by atoms with E-state index in [2.05, 4.69) is 5.32 Å². The van der Waals surface area contributed by atoms with Crippen molar-refractivity contribution in [1.82, 2.24) is 5.32 Å². The van der Waals surface area contributed by atoms with E-state index >= 15 is 0 Å². The molecular formula is C16H22FNO3. The average molecular weight is 295 g/mol. The van der Waals surface area contributed by atoms with Crippen LogP contribution in [0.2, 0.25) is 0 Å². The molecule has 0 aliphatic heterocycles. The first-order valence-electron chi connectivity index (χ1n) is 7.40. The Morgan fingerprint density at radius 2 is 2.14 bits per heavy atom. The predicted octanol–water partition coefficient (Wildman–Crippen LogP) is 2.40. The zero-order chi connectivity index (χ0) is 15.3. The highest BCUT2D eigenvalue weighted by Gasteiger charge is 2.34. The van der Waals surface area contributed by atoms with Gasteiger partial charge >= 0.3 is 0 Å². The van der Waals surface area contributed by atoms with Crippen molar-refractivity contribution < 1.29 is 19.0 Å². The number of aliphatic hydroxyl groups is 1. The lowest BCUT2D eigenvalue weighted by molar-refractivity contribution is -0.130. The summed E-state index contributed by atoms with van der Waals surface area (Å²) in [6.45, 7) is 1.56. The van der Waals surface area contributed by atoms with Crippen LogP contribution in [0.5, 0.6) is 5.75 Å². The number of amides is 1. The molecule has 1 saturated carbocycles. The summed E-state index contributed by atoms with van der Waals surface area (Å²) < 4.78 is 18.5. The molecule has 0 spiro atoms. The highest BCUT2D eigenvalue weighted by atomic mass is 19.1. The van der Waals surface area contributed by atoms with E-state index in [4.69, 9.17) is 4.74 Å². The Labute approximate surface area is 124 Å². The quantitative estimate of drug-likeness (QED) is 0.877. The number of ether oxygens (including phenoxy) is 1. The number of hydrogen-bond acceptors (Lipinski definition) is 3. The summed E-state index contributed by atoms with van der Waals surface area (Å²) in [6.07, 6.45) is 3.95. The van der Waals surface area contributed by atoms with E-state index in [-0.39, 0.29) is 12.5 Å². The summed E-state index contributed by atoms with van der Waals surface area (Å²) in [7, 11) is 0. The van der Waals surface area contributed by atoms with Crippen LogP contribution < -0.4 is 10.1 Å². The average Bonchev–Trinajstić information content (AvgIpc) is 2.48. The van der Waals surface area contributed by atoms with E-state index in [1.807, 2.05) is 0 Å². The van der Waals surface area contributed by atoms with Gasteiger partial charge in [0.25, 0.3) is 5.91 Å². The van der Waals surface area contributed by atoms with Gasteiger partial charge in [0, 0.05) is 6.07 Å². The van der Waals surface area contributed by atoms with Gasteiger partial charge in [-0.25, -0.2) is 4.39 Å². The molecule has 0 bridgehead atoms. The van der Waals surface area contributed by atoms with Crippen LogP contribution in [0, 0.1) is 5.82 Å². The minimum Gasteiger partial charge on any atom is -0.481 e. The van der Waals surface area contributed by atoms with Crippen molar-refractivity contribution in [2.75, 3.05) is 6.61 Å². The highest BCUT2D eigenvalue weighted by Crippen LogP contribution is 2.28. The van der Waals surface area contributed by atoms with Crippen LogP contribution in [-0.2, 0) is 4.79 Å². The van der Waals surface area contributed by atoms with E-state index in [0.29, 0.717) is 5.75 Å². The van der Waals surface area contributed by atoms with Gasteiger partial charge in [-0.3, -0.25) is 4.79 Å². The molecule has 0 heterocycles. The zero-order valence-corrected chi connectivity index (χ0v) is 12.3. The van der Waals surface area contributed by atoms with Crippen molar-refractivity contribution in [3.8, 4) is 5.75 Å². The van der Waals surface area contributed by atoms with Crippen LogP contribution in [-0.4, -0.2) is 29.3 Å². The van der Waals surface area contributed by atoms with E-state index in [9.17, 15) is 14.3 Å². The van der Waals surface area contributed by atoms with Gasteiger partial charge in [-0.05, 0) is 31.9 Å². The van der Waals surface area contributed by atoms with Gasteiger partial charge in [0.15, 0.2) is 6.10 Å². The van der Waals surface area contributed by atoms with Crippen molar-refractivity contribution in [2.45, 2.75) is 50.7 Å². The number of nitrogens with one attached hydrogen (secondary N) is 1.